The van der Waals surface area contributed by atoms with Crippen LogP contribution in [0.15, 0.2) is 60.7 Å². The summed E-state index contributed by atoms with van der Waals surface area (Å²) in [4.78, 5) is 11.1. The van der Waals surface area contributed by atoms with Crippen LogP contribution in [0.5, 0.6) is 0 Å². The summed E-state index contributed by atoms with van der Waals surface area (Å²) in [5.74, 6) is 0.665. The van der Waals surface area contributed by atoms with Crippen molar-refractivity contribution in [3.05, 3.63) is 81.9 Å². The topological polar surface area (TPSA) is 55.2 Å². The fraction of sp³-hybridized carbons (Fsp3) is 0.222. The molecule has 1 N–H and O–H groups in total. The Morgan fingerprint density at radius 2 is 1.77 bits per heavy atom. The van der Waals surface area contributed by atoms with E-state index < -0.39 is 0 Å². The lowest BCUT2D eigenvalue weighted by atomic mass is 9.77. The summed E-state index contributed by atoms with van der Waals surface area (Å²) in [6.45, 7) is 0. The average Bonchev–Trinajstić information content (AvgIpc) is 3.04. The minimum Gasteiger partial charge on any atom is -0.377 e. The standard InChI is InChI=1S/C18H16N2O2/c21-20(22)17-11-4-2-7-15(17)18-14-9-5-8-12(14)13-6-1-3-10-16(13)19-18/h1-8,10-12,14,18-19H,9H2/t12-,14-,18+/m0/s1. The summed E-state index contributed by atoms with van der Waals surface area (Å²) in [6.07, 6.45) is 5.38. The number of nitrogens with one attached hydrogen (secondary N) is 1. The van der Waals surface area contributed by atoms with Crippen LogP contribution in [-0.4, -0.2) is 4.92 Å². The van der Waals surface area contributed by atoms with Gasteiger partial charge in [-0.1, -0.05) is 48.6 Å². The molecule has 0 saturated heterocycles. The number of hydrogen-bond acceptors (Lipinski definition) is 3. The van der Waals surface area contributed by atoms with Crippen molar-refractivity contribution in [1.29, 1.82) is 0 Å². The van der Waals surface area contributed by atoms with Gasteiger partial charge in [0.2, 0.25) is 0 Å². The zero-order chi connectivity index (χ0) is 15.1. The minimum atomic E-state index is -0.283. The van der Waals surface area contributed by atoms with Crippen molar-refractivity contribution in [2.75, 3.05) is 5.32 Å². The molecule has 0 amide bonds. The van der Waals surface area contributed by atoms with Crippen LogP contribution in [0.4, 0.5) is 11.4 Å². The highest BCUT2D eigenvalue weighted by Crippen LogP contribution is 2.50. The summed E-state index contributed by atoms with van der Waals surface area (Å²) >= 11 is 0. The smallest absolute Gasteiger partial charge is 0.274 e. The van der Waals surface area contributed by atoms with E-state index in [0.717, 1.165) is 17.7 Å². The van der Waals surface area contributed by atoms with Crippen LogP contribution >= 0.6 is 0 Å². The molecule has 2 aromatic rings. The molecule has 0 spiro atoms. The fourth-order valence-electron chi connectivity index (χ4n) is 3.77. The molecule has 3 atom stereocenters. The van der Waals surface area contributed by atoms with Gasteiger partial charge in [-0.25, -0.2) is 0 Å². The third-order valence-corrected chi connectivity index (χ3v) is 4.74. The first-order chi connectivity index (χ1) is 10.8. The second kappa shape index (κ2) is 4.98. The summed E-state index contributed by atoms with van der Waals surface area (Å²) in [5, 5.41) is 14.9. The van der Waals surface area contributed by atoms with Gasteiger partial charge in [0.05, 0.1) is 16.5 Å². The van der Waals surface area contributed by atoms with E-state index in [1.165, 1.54) is 5.56 Å². The summed E-state index contributed by atoms with van der Waals surface area (Å²) in [7, 11) is 0. The highest BCUT2D eigenvalue weighted by atomic mass is 16.6. The predicted octanol–water partition coefficient (Wildman–Crippen LogP) is 4.42. The Morgan fingerprint density at radius 3 is 2.59 bits per heavy atom. The number of rotatable bonds is 2. The van der Waals surface area contributed by atoms with Crippen LogP contribution in [0.2, 0.25) is 0 Å². The number of fused-ring (bicyclic) bond motifs is 3. The molecule has 1 heterocycles. The van der Waals surface area contributed by atoms with Crippen LogP contribution in [-0.2, 0) is 0 Å². The molecule has 4 nitrogen and oxygen atoms in total. The number of benzene rings is 2. The van der Waals surface area contributed by atoms with Gasteiger partial charge in [0.1, 0.15) is 0 Å². The molecule has 0 bridgehead atoms. The Labute approximate surface area is 128 Å². The maximum atomic E-state index is 11.4. The molecule has 0 radical (unpaired) electrons. The van der Waals surface area contributed by atoms with Crippen LogP contribution in [0.1, 0.15) is 29.5 Å². The van der Waals surface area contributed by atoms with Crippen LogP contribution in [0.25, 0.3) is 0 Å². The summed E-state index contributed by atoms with van der Waals surface area (Å²) in [5.41, 5.74) is 3.35. The van der Waals surface area contributed by atoms with Crippen molar-refractivity contribution in [2.24, 2.45) is 5.92 Å². The third-order valence-electron chi connectivity index (χ3n) is 4.74. The number of nitro benzene ring substituents is 1. The van der Waals surface area contributed by atoms with Crippen molar-refractivity contribution in [2.45, 2.75) is 18.4 Å². The van der Waals surface area contributed by atoms with Crippen LogP contribution in [0, 0.1) is 16.0 Å². The van der Waals surface area contributed by atoms with Gasteiger partial charge in [-0.05, 0) is 24.0 Å². The zero-order valence-corrected chi connectivity index (χ0v) is 12.0. The molecule has 1 aliphatic carbocycles. The molecule has 110 valence electrons. The van der Waals surface area contributed by atoms with Crippen molar-refractivity contribution in [3.8, 4) is 0 Å². The Kier molecular flexibility index (Phi) is 2.96. The number of anilines is 1. The number of nitro groups is 1. The largest absolute Gasteiger partial charge is 0.377 e. The van der Waals surface area contributed by atoms with E-state index in [-0.39, 0.29) is 16.7 Å². The summed E-state index contributed by atoms with van der Waals surface area (Å²) in [6, 6.07) is 15.3. The average molecular weight is 292 g/mol. The highest BCUT2D eigenvalue weighted by Gasteiger charge is 2.39. The van der Waals surface area contributed by atoms with Crippen LogP contribution < -0.4 is 5.32 Å². The number of allylic oxidation sites excluding steroid dienone is 2. The first kappa shape index (κ1) is 13.1. The van der Waals surface area contributed by atoms with E-state index in [1.54, 1.807) is 12.1 Å². The monoisotopic (exact) mass is 292 g/mol. The van der Waals surface area contributed by atoms with Crippen molar-refractivity contribution in [3.63, 3.8) is 0 Å². The first-order valence-corrected chi connectivity index (χ1v) is 7.51. The van der Waals surface area contributed by atoms with Crippen molar-refractivity contribution < 1.29 is 4.92 Å². The molecule has 0 unspecified atom stereocenters. The molecule has 22 heavy (non-hydrogen) atoms. The van der Waals surface area contributed by atoms with Gasteiger partial charge in [-0.3, -0.25) is 10.1 Å². The quantitative estimate of drug-likeness (QED) is 0.506. The van der Waals surface area contributed by atoms with Gasteiger partial charge in [0.15, 0.2) is 0 Å². The van der Waals surface area contributed by atoms with Crippen LogP contribution in [0.3, 0.4) is 0 Å². The Hall–Kier alpha value is -2.62. The van der Waals surface area contributed by atoms with Gasteiger partial charge in [-0.15, -0.1) is 0 Å². The SMILES string of the molecule is O=[N+]([O-])c1ccccc1[C@@H]1Nc2ccccc2[C@@H]2C=CC[C@@H]21. The molecular formula is C18H16N2O2. The van der Waals surface area contributed by atoms with Gasteiger partial charge >= 0.3 is 0 Å². The maximum absolute atomic E-state index is 11.4. The second-order valence-electron chi connectivity index (χ2n) is 5.88. The minimum absolute atomic E-state index is 0.0310. The number of hydrogen-bond donors (Lipinski definition) is 1. The van der Waals surface area contributed by atoms with Crippen molar-refractivity contribution >= 4 is 11.4 Å². The van der Waals surface area contributed by atoms with E-state index in [2.05, 4.69) is 35.7 Å². The molecule has 4 rings (SSSR count). The number of nitrogens with zero attached hydrogens (tertiary/aromatic N) is 1. The Balaban J connectivity index is 1.83. The van der Waals surface area contributed by atoms with E-state index in [0.29, 0.717) is 11.8 Å². The highest BCUT2D eigenvalue weighted by molar-refractivity contribution is 5.61. The predicted molar refractivity (Wildman–Crippen MR) is 85.9 cm³/mol. The lowest BCUT2D eigenvalue weighted by molar-refractivity contribution is -0.385. The lowest BCUT2D eigenvalue weighted by Crippen LogP contribution is -2.29. The Morgan fingerprint density at radius 1 is 1.05 bits per heavy atom. The molecular weight excluding hydrogens is 276 g/mol. The van der Waals surface area contributed by atoms with E-state index in [9.17, 15) is 10.1 Å². The van der Waals surface area contributed by atoms with Crippen molar-refractivity contribution in [1.82, 2.24) is 0 Å². The molecule has 0 aromatic heterocycles. The molecule has 2 aliphatic rings. The number of para-hydroxylation sites is 2. The molecule has 0 saturated carbocycles. The summed E-state index contributed by atoms with van der Waals surface area (Å²) < 4.78 is 0. The van der Waals surface area contributed by atoms with E-state index >= 15 is 0 Å². The zero-order valence-electron chi connectivity index (χ0n) is 12.0. The van der Waals surface area contributed by atoms with E-state index in [4.69, 9.17) is 0 Å². The molecule has 1 aliphatic heterocycles. The second-order valence-corrected chi connectivity index (χ2v) is 5.88. The first-order valence-electron chi connectivity index (χ1n) is 7.51. The van der Waals surface area contributed by atoms with Gasteiger partial charge in [-0.2, -0.15) is 0 Å². The maximum Gasteiger partial charge on any atom is 0.274 e. The van der Waals surface area contributed by atoms with Gasteiger partial charge in [0.25, 0.3) is 5.69 Å². The fourth-order valence-corrected chi connectivity index (χ4v) is 3.77. The third kappa shape index (κ3) is 1.91. The lowest BCUT2D eigenvalue weighted by Gasteiger charge is -2.37. The Bertz CT molecular complexity index is 769. The van der Waals surface area contributed by atoms with Gasteiger partial charge < -0.3 is 5.32 Å². The molecule has 4 heteroatoms. The molecule has 0 fully saturated rings. The van der Waals surface area contributed by atoms with Gasteiger partial charge in [0, 0.05) is 17.7 Å². The normalized spacial score (nSPS) is 25.2. The molecule has 2 aromatic carbocycles. The van der Waals surface area contributed by atoms with E-state index in [1.807, 2.05) is 18.2 Å².